The third-order valence-electron chi connectivity index (χ3n) is 7.84. The molecule has 3 aliphatic heterocycles. The van der Waals surface area contributed by atoms with Crippen LogP contribution in [0.4, 0.5) is 0 Å². The third kappa shape index (κ3) is 5.16. The fourth-order valence-electron chi connectivity index (χ4n) is 5.66. The van der Waals surface area contributed by atoms with Gasteiger partial charge in [-0.3, -0.25) is 14.4 Å². The van der Waals surface area contributed by atoms with Gasteiger partial charge in [0.1, 0.15) is 11.4 Å². The first kappa shape index (κ1) is 24.5. The lowest BCUT2D eigenvalue weighted by Gasteiger charge is -2.49. The Kier molecular flexibility index (Phi) is 6.84. The molecule has 2 aromatic carbocycles. The topological polar surface area (TPSA) is 72.3 Å². The molecule has 1 aromatic heterocycles. The number of amides is 1. The van der Waals surface area contributed by atoms with Crippen LogP contribution in [0.15, 0.2) is 54.7 Å². The lowest BCUT2D eigenvalue weighted by molar-refractivity contribution is -0.133. The number of benzene rings is 2. The van der Waals surface area contributed by atoms with Crippen LogP contribution in [0.2, 0.25) is 0 Å². The standard InChI is InChI=1S/C29H37N5O2/c1-29(2,3)23-11-9-20(10-12-23)26-19-34(32-31-26)17-24-15-21-13-14-33(24)18-25(21)28(35)30-16-22-7-5-6-8-27(22)36-4/h5-12,19,21,24-25H,13-18H2,1-4H3,(H,30,35). The minimum Gasteiger partial charge on any atom is -0.496 e. The van der Waals surface area contributed by atoms with Crippen molar-refractivity contribution in [1.82, 2.24) is 25.2 Å². The van der Waals surface area contributed by atoms with Crippen molar-refractivity contribution < 1.29 is 9.53 Å². The van der Waals surface area contributed by atoms with Crippen LogP contribution < -0.4 is 10.1 Å². The molecule has 1 N–H and O–H groups in total. The monoisotopic (exact) mass is 487 g/mol. The van der Waals surface area contributed by atoms with E-state index in [4.69, 9.17) is 4.74 Å². The fourth-order valence-corrected chi connectivity index (χ4v) is 5.66. The van der Waals surface area contributed by atoms with E-state index in [0.29, 0.717) is 18.5 Å². The van der Waals surface area contributed by atoms with Crippen molar-refractivity contribution >= 4 is 5.91 Å². The number of fused-ring (bicyclic) bond motifs is 3. The first-order valence-electron chi connectivity index (χ1n) is 13.0. The summed E-state index contributed by atoms with van der Waals surface area (Å²) in [5.74, 6) is 1.41. The number of rotatable bonds is 7. The van der Waals surface area contributed by atoms with E-state index < -0.39 is 0 Å². The molecule has 36 heavy (non-hydrogen) atoms. The van der Waals surface area contributed by atoms with Crippen molar-refractivity contribution in [2.75, 3.05) is 20.2 Å². The number of methoxy groups -OCH3 is 1. The second-order valence-corrected chi connectivity index (χ2v) is 11.2. The highest BCUT2D eigenvalue weighted by molar-refractivity contribution is 5.79. The number of ether oxygens (including phenoxy) is 1. The molecule has 3 aliphatic rings. The number of hydrogen-bond acceptors (Lipinski definition) is 5. The molecular weight excluding hydrogens is 450 g/mol. The Hall–Kier alpha value is -3.19. The molecular formula is C29H37N5O2. The van der Waals surface area contributed by atoms with E-state index in [1.54, 1.807) is 7.11 Å². The summed E-state index contributed by atoms with van der Waals surface area (Å²) in [7, 11) is 1.66. The van der Waals surface area contributed by atoms with Crippen molar-refractivity contribution in [3.63, 3.8) is 0 Å². The molecule has 4 atom stereocenters. The number of nitrogens with one attached hydrogen (secondary N) is 1. The van der Waals surface area contributed by atoms with Gasteiger partial charge in [-0.1, -0.05) is 68.4 Å². The number of aromatic nitrogens is 3. The molecule has 1 amide bonds. The zero-order valence-corrected chi connectivity index (χ0v) is 21.8. The molecule has 6 rings (SSSR count). The molecule has 0 aliphatic carbocycles. The minimum atomic E-state index is 0.0392. The molecule has 4 unspecified atom stereocenters. The smallest absolute Gasteiger partial charge is 0.224 e. The summed E-state index contributed by atoms with van der Waals surface area (Å²) in [5.41, 5.74) is 4.44. The van der Waals surface area contributed by atoms with Gasteiger partial charge in [0.25, 0.3) is 0 Å². The van der Waals surface area contributed by atoms with Gasteiger partial charge in [-0.05, 0) is 42.3 Å². The summed E-state index contributed by atoms with van der Waals surface area (Å²) in [6.07, 6.45) is 4.14. The van der Waals surface area contributed by atoms with E-state index in [1.165, 1.54) is 5.56 Å². The van der Waals surface area contributed by atoms with Crippen molar-refractivity contribution in [1.29, 1.82) is 0 Å². The van der Waals surface area contributed by atoms with Gasteiger partial charge in [0.05, 0.1) is 25.8 Å². The molecule has 3 fully saturated rings. The molecule has 7 heteroatoms. The van der Waals surface area contributed by atoms with Crippen LogP contribution in [-0.4, -0.2) is 52.0 Å². The molecule has 3 saturated heterocycles. The third-order valence-corrected chi connectivity index (χ3v) is 7.84. The quantitative estimate of drug-likeness (QED) is 0.539. The zero-order valence-electron chi connectivity index (χ0n) is 21.8. The summed E-state index contributed by atoms with van der Waals surface area (Å²) in [4.78, 5) is 15.5. The molecule has 7 nitrogen and oxygen atoms in total. The Morgan fingerprint density at radius 3 is 2.61 bits per heavy atom. The first-order valence-corrected chi connectivity index (χ1v) is 13.0. The number of nitrogens with zero attached hydrogens (tertiary/aromatic N) is 4. The molecule has 2 bridgehead atoms. The van der Waals surface area contributed by atoms with Gasteiger partial charge in [0, 0.05) is 30.3 Å². The molecule has 190 valence electrons. The maximum atomic E-state index is 13.1. The molecule has 0 spiro atoms. The van der Waals surface area contributed by atoms with Crippen molar-refractivity contribution in [2.24, 2.45) is 11.8 Å². The number of para-hydroxylation sites is 1. The van der Waals surface area contributed by atoms with Gasteiger partial charge >= 0.3 is 0 Å². The molecule has 0 radical (unpaired) electrons. The predicted octanol–water partition coefficient (Wildman–Crippen LogP) is 4.28. The van der Waals surface area contributed by atoms with E-state index in [9.17, 15) is 4.79 Å². The summed E-state index contributed by atoms with van der Waals surface area (Å²) >= 11 is 0. The van der Waals surface area contributed by atoms with Gasteiger partial charge < -0.3 is 10.1 Å². The molecule has 4 heterocycles. The summed E-state index contributed by atoms with van der Waals surface area (Å²) in [5, 5.41) is 12.0. The predicted molar refractivity (Wildman–Crippen MR) is 141 cm³/mol. The number of hydrogen-bond donors (Lipinski definition) is 1. The van der Waals surface area contributed by atoms with Crippen molar-refractivity contribution in [3.8, 4) is 17.0 Å². The van der Waals surface area contributed by atoms with E-state index >= 15 is 0 Å². The highest BCUT2D eigenvalue weighted by Gasteiger charge is 2.43. The van der Waals surface area contributed by atoms with E-state index in [2.05, 4.69) is 65.6 Å². The number of carbonyl (C=O) groups excluding carboxylic acids is 1. The first-order chi connectivity index (χ1) is 17.3. The van der Waals surface area contributed by atoms with Crippen molar-refractivity contribution in [3.05, 3.63) is 65.9 Å². The maximum absolute atomic E-state index is 13.1. The second-order valence-electron chi connectivity index (χ2n) is 11.2. The molecule has 3 aromatic rings. The summed E-state index contributed by atoms with van der Waals surface area (Å²) in [6, 6.07) is 16.9. The Morgan fingerprint density at radius 1 is 1.14 bits per heavy atom. The minimum absolute atomic E-state index is 0.0392. The van der Waals surface area contributed by atoms with Gasteiger partial charge in [-0.2, -0.15) is 0 Å². The van der Waals surface area contributed by atoms with Gasteiger partial charge in [-0.25, -0.2) is 0 Å². The zero-order chi connectivity index (χ0) is 25.3. The van der Waals surface area contributed by atoms with Crippen molar-refractivity contribution in [2.45, 2.75) is 58.2 Å². The highest BCUT2D eigenvalue weighted by Crippen LogP contribution is 2.37. The lowest BCUT2D eigenvalue weighted by atomic mass is 9.75. The van der Waals surface area contributed by atoms with Crippen LogP contribution in [0, 0.1) is 11.8 Å². The largest absolute Gasteiger partial charge is 0.496 e. The average Bonchev–Trinajstić information content (AvgIpc) is 3.36. The maximum Gasteiger partial charge on any atom is 0.224 e. The van der Waals surface area contributed by atoms with Crippen LogP contribution in [0.25, 0.3) is 11.3 Å². The van der Waals surface area contributed by atoms with E-state index in [-0.39, 0.29) is 17.2 Å². The van der Waals surface area contributed by atoms with Crippen LogP contribution in [-0.2, 0) is 23.3 Å². The average molecular weight is 488 g/mol. The SMILES string of the molecule is COc1ccccc1CNC(=O)C1CN2CCC1CC2Cn1cc(-c2ccc(C(C)(C)C)cc2)nn1. The Labute approximate surface area is 213 Å². The number of carbonyl (C=O) groups is 1. The fraction of sp³-hybridized carbons (Fsp3) is 0.483. The lowest BCUT2D eigenvalue weighted by Crippen LogP contribution is -2.58. The van der Waals surface area contributed by atoms with Crippen LogP contribution in [0.3, 0.4) is 0 Å². The van der Waals surface area contributed by atoms with Crippen LogP contribution >= 0.6 is 0 Å². The molecule has 0 saturated carbocycles. The normalized spacial score (nSPS) is 23.4. The Balaban J connectivity index is 1.18. The summed E-state index contributed by atoms with van der Waals surface area (Å²) in [6.45, 7) is 9.82. The second kappa shape index (κ2) is 10.1. The number of piperidine rings is 3. The van der Waals surface area contributed by atoms with E-state index in [0.717, 1.165) is 55.0 Å². The van der Waals surface area contributed by atoms with Gasteiger partial charge in [0.15, 0.2) is 0 Å². The van der Waals surface area contributed by atoms with Gasteiger partial charge in [-0.15, -0.1) is 5.10 Å². The Bertz CT molecular complexity index is 1200. The van der Waals surface area contributed by atoms with E-state index in [1.807, 2.05) is 35.1 Å². The highest BCUT2D eigenvalue weighted by atomic mass is 16.5. The van der Waals surface area contributed by atoms with Crippen LogP contribution in [0.1, 0.15) is 44.7 Å². The Morgan fingerprint density at radius 2 is 1.92 bits per heavy atom. The van der Waals surface area contributed by atoms with Gasteiger partial charge in [0.2, 0.25) is 5.91 Å². The van der Waals surface area contributed by atoms with Crippen LogP contribution in [0.5, 0.6) is 5.75 Å². The summed E-state index contributed by atoms with van der Waals surface area (Å²) < 4.78 is 7.39.